The average molecular weight is 212 g/mol. The van der Waals surface area contributed by atoms with E-state index in [2.05, 4.69) is 0 Å². The molecule has 2 aliphatic rings. The zero-order valence-corrected chi connectivity index (χ0v) is 8.34. The smallest absolute Gasteiger partial charge is 0.306 e. The lowest BCUT2D eigenvalue weighted by atomic mass is 9.94. The fraction of sp³-hybridized carbons (Fsp3) is 0.700. The molecule has 0 amide bonds. The molecule has 15 heavy (non-hydrogen) atoms. The van der Waals surface area contributed by atoms with Crippen molar-refractivity contribution < 1.29 is 23.9 Å². The number of esters is 2. The van der Waals surface area contributed by atoms with Crippen LogP contribution in [0.4, 0.5) is 0 Å². The van der Waals surface area contributed by atoms with Crippen molar-refractivity contribution >= 4 is 18.2 Å². The Morgan fingerprint density at radius 1 is 1.60 bits per heavy atom. The normalized spacial score (nSPS) is 38.3. The van der Waals surface area contributed by atoms with E-state index in [1.807, 2.05) is 0 Å². The summed E-state index contributed by atoms with van der Waals surface area (Å²) in [5.74, 6) is -1.18. The van der Waals surface area contributed by atoms with Crippen LogP contribution in [0.15, 0.2) is 0 Å². The van der Waals surface area contributed by atoms with Gasteiger partial charge in [-0.3, -0.25) is 9.59 Å². The van der Waals surface area contributed by atoms with Crippen molar-refractivity contribution in [3.63, 3.8) is 0 Å². The van der Waals surface area contributed by atoms with Gasteiger partial charge in [-0.05, 0) is 0 Å². The van der Waals surface area contributed by atoms with Gasteiger partial charge in [0.05, 0.1) is 12.3 Å². The number of ether oxygens (including phenoxy) is 2. The van der Waals surface area contributed by atoms with Gasteiger partial charge in [-0.1, -0.05) is 0 Å². The molecule has 0 spiro atoms. The number of fused-ring (bicyclic) bond motifs is 1. The molecule has 5 nitrogen and oxygen atoms in total. The maximum Gasteiger partial charge on any atom is 0.306 e. The van der Waals surface area contributed by atoms with Gasteiger partial charge < -0.3 is 14.3 Å². The van der Waals surface area contributed by atoms with Gasteiger partial charge in [0.25, 0.3) is 0 Å². The molecule has 4 atom stereocenters. The molecule has 0 N–H and O–H groups in total. The van der Waals surface area contributed by atoms with E-state index < -0.39 is 18.0 Å². The maximum absolute atomic E-state index is 11.0. The van der Waals surface area contributed by atoms with Crippen LogP contribution < -0.4 is 0 Å². The molecule has 0 aromatic heterocycles. The van der Waals surface area contributed by atoms with Crippen LogP contribution in [0.25, 0.3) is 0 Å². The van der Waals surface area contributed by atoms with Crippen LogP contribution >= 0.6 is 0 Å². The molecule has 0 radical (unpaired) electrons. The number of carbonyl (C=O) groups excluding carboxylic acids is 3. The Labute approximate surface area is 86.7 Å². The van der Waals surface area contributed by atoms with Crippen LogP contribution in [0.3, 0.4) is 0 Å². The predicted molar refractivity (Wildman–Crippen MR) is 47.7 cm³/mol. The maximum atomic E-state index is 11.0. The van der Waals surface area contributed by atoms with E-state index in [-0.39, 0.29) is 24.4 Å². The van der Waals surface area contributed by atoms with E-state index in [0.717, 1.165) is 6.29 Å². The van der Waals surface area contributed by atoms with Gasteiger partial charge in [-0.25, -0.2) is 0 Å². The highest BCUT2D eigenvalue weighted by Crippen LogP contribution is 2.41. The molecule has 0 bridgehead atoms. The minimum Gasteiger partial charge on any atom is -0.462 e. The first-order valence-corrected chi connectivity index (χ1v) is 4.94. The van der Waals surface area contributed by atoms with Gasteiger partial charge >= 0.3 is 11.9 Å². The molecule has 0 aromatic carbocycles. The van der Waals surface area contributed by atoms with E-state index in [0.29, 0.717) is 6.42 Å². The third-order valence-electron chi connectivity index (χ3n) is 3.03. The van der Waals surface area contributed by atoms with Crippen molar-refractivity contribution in [3.05, 3.63) is 0 Å². The molecule has 2 fully saturated rings. The number of hydrogen-bond acceptors (Lipinski definition) is 5. The molecule has 0 aromatic rings. The molecule has 1 saturated heterocycles. The lowest BCUT2D eigenvalue weighted by Crippen LogP contribution is -2.25. The first-order valence-electron chi connectivity index (χ1n) is 4.94. The molecule has 2 rings (SSSR count). The summed E-state index contributed by atoms with van der Waals surface area (Å²) in [5, 5.41) is 0. The van der Waals surface area contributed by atoms with E-state index in [4.69, 9.17) is 9.47 Å². The lowest BCUT2D eigenvalue weighted by Gasteiger charge is -2.16. The first kappa shape index (κ1) is 10.1. The van der Waals surface area contributed by atoms with Crippen LogP contribution in [0.1, 0.15) is 19.8 Å². The van der Waals surface area contributed by atoms with Crippen molar-refractivity contribution in [2.75, 3.05) is 0 Å². The van der Waals surface area contributed by atoms with Crippen LogP contribution in [0.5, 0.6) is 0 Å². The summed E-state index contributed by atoms with van der Waals surface area (Å²) in [6.07, 6.45) is 0.783. The van der Waals surface area contributed by atoms with Crippen molar-refractivity contribution in [2.24, 2.45) is 11.8 Å². The van der Waals surface area contributed by atoms with Crippen LogP contribution in [-0.4, -0.2) is 30.4 Å². The van der Waals surface area contributed by atoms with Crippen LogP contribution in [0.2, 0.25) is 0 Å². The molecule has 0 unspecified atom stereocenters. The van der Waals surface area contributed by atoms with Crippen molar-refractivity contribution in [1.82, 2.24) is 0 Å². The fourth-order valence-electron chi connectivity index (χ4n) is 2.43. The zero-order valence-electron chi connectivity index (χ0n) is 8.34. The van der Waals surface area contributed by atoms with Gasteiger partial charge in [-0.2, -0.15) is 0 Å². The van der Waals surface area contributed by atoms with Crippen molar-refractivity contribution in [1.29, 1.82) is 0 Å². The largest absolute Gasteiger partial charge is 0.462 e. The Morgan fingerprint density at radius 2 is 2.33 bits per heavy atom. The SMILES string of the molecule is CC(=O)O[C@H]1C[C@H]2OC(=O)C[C@@H]2[C@H]1C=O. The highest BCUT2D eigenvalue weighted by Gasteiger charge is 2.51. The Balaban J connectivity index is 2.09. The Hall–Kier alpha value is -1.39. The standard InChI is InChI=1S/C10H12O5/c1-5(12)14-9-3-8-6(7(9)4-11)2-10(13)15-8/h4,6-9H,2-3H2,1H3/t6-,7-,8-,9+/m1/s1. The Bertz CT molecular complexity index is 311. The molecule has 1 saturated carbocycles. The monoisotopic (exact) mass is 212 g/mol. The molecule has 1 heterocycles. The van der Waals surface area contributed by atoms with Gasteiger partial charge in [0.15, 0.2) is 0 Å². The van der Waals surface area contributed by atoms with Crippen LogP contribution in [0, 0.1) is 11.8 Å². The number of aldehydes is 1. The third kappa shape index (κ3) is 1.73. The number of hydrogen-bond donors (Lipinski definition) is 0. The third-order valence-corrected chi connectivity index (χ3v) is 3.03. The van der Waals surface area contributed by atoms with Gasteiger partial charge in [0.2, 0.25) is 0 Å². The summed E-state index contributed by atoms with van der Waals surface area (Å²) in [6, 6.07) is 0. The molecular formula is C10H12O5. The lowest BCUT2D eigenvalue weighted by molar-refractivity contribution is -0.150. The summed E-state index contributed by atoms with van der Waals surface area (Å²) in [7, 11) is 0. The summed E-state index contributed by atoms with van der Waals surface area (Å²) < 4.78 is 10.1. The highest BCUT2D eigenvalue weighted by atomic mass is 16.6. The summed E-state index contributed by atoms with van der Waals surface area (Å²) in [5.41, 5.74) is 0. The zero-order chi connectivity index (χ0) is 11.0. The topological polar surface area (TPSA) is 69.7 Å². The van der Waals surface area contributed by atoms with E-state index in [1.165, 1.54) is 6.92 Å². The molecular weight excluding hydrogens is 200 g/mol. The molecule has 1 aliphatic carbocycles. The van der Waals surface area contributed by atoms with Crippen molar-refractivity contribution in [3.8, 4) is 0 Å². The van der Waals surface area contributed by atoms with Gasteiger partial charge in [-0.15, -0.1) is 0 Å². The van der Waals surface area contributed by atoms with Crippen molar-refractivity contribution in [2.45, 2.75) is 32.0 Å². The predicted octanol–water partition coefficient (Wildman–Crippen LogP) is 0.0686. The van der Waals surface area contributed by atoms with Gasteiger partial charge in [0, 0.05) is 19.3 Å². The van der Waals surface area contributed by atoms with E-state index >= 15 is 0 Å². The fourth-order valence-corrected chi connectivity index (χ4v) is 2.43. The highest BCUT2D eigenvalue weighted by molar-refractivity contribution is 5.74. The quantitative estimate of drug-likeness (QED) is 0.478. The van der Waals surface area contributed by atoms with Gasteiger partial charge in [0.1, 0.15) is 18.5 Å². The minimum atomic E-state index is -0.428. The number of rotatable bonds is 2. The average Bonchev–Trinajstić information content (AvgIpc) is 2.59. The van der Waals surface area contributed by atoms with Crippen LogP contribution in [-0.2, 0) is 23.9 Å². The summed E-state index contributed by atoms with van der Waals surface area (Å²) >= 11 is 0. The van der Waals surface area contributed by atoms with E-state index in [1.54, 1.807) is 0 Å². The Kier molecular flexibility index (Phi) is 2.46. The Morgan fingerprint density at radius 3 is 2.93 bits per heavy atom. The minimum absolute atomic E-state index is 0.112. The molecule has 82 valence electrons. The second-order valence-corrected chi connectivity index (χ2v) is 3.99. The van der Waals surface area contributed by atoms with E-state index in [9.17, 15) is 14.4 Å². The first-order chi connectivity index (χ1) is 7.11. The summed E-state index contributed by atoms with van der Waals surface area (Å²) in [6.45, 7) is 1.31. The molecule has 5 heteroatoms. The molecule has 1 aliphatic heterocycles. The second-order valence-electron chi connectivity index (χ2n) is 3.99. The summed E-state index contributed by atoms with van der Waals surface area (Å²) in [4.78, 5) is 32.7. The second kappa shape index (κ2) is 3.64. The number of carbonyl (C=O) groups is 3.